The predicted molar refractivity (Wildman–Crippen MR) is 68.4 cm³/mol. The molecule has 0 unspecified atom stereocenters. The number of rotatable bonds is 3. The Morgan fingerprint density at radius 1 is 1.47 bits per heavy atom. The number of nitrogens with one attached hydrogen (secondary N) is 2. The van der Waals surface area contributed by atoms with E-state index in [2.05, 4.69) is 20.6 Å². The van der Waals surface area contributed by atoms with Crippen molar-refractivity contribution in [3.63, 3.8) is 0 Å². The summed E-state index contributed by atoms with van der Waals surface area (Å²) in [6.45, 7) is 8.31. The van der Waals surface area contributed by atoms with Crippen molar-refractivity contribution in [1.82, 2.24) is 15.3 Å². The monoisotopic (exact) mass is 256 g/mol. The fraction of sp³-hybridized carbons (Fsp3) is 0.545. The summed E-state index contributed by atoms with van der Waals surface area (Å²) in [6, 6.07) is 0. The average molecular weight is 257 g/mol. The van der Waals surface area contributed by atoms with Crippen LogP contribution in [0, 0.1) is 0 Å². The SMILES string of the molecule is CCNc1nc(Cl)ncc1C(=O)NC(C)(C)C. The van der Waals surface area contributed by atoms with E-state index in [4.69, 9.17) is 11.6 Å². The van der Waals surface area contributed by atoms with Crippen molar-refractivity contribution in [2.45, 2.75) is 33.2 Å². The highest BCUT2D eigenvalue weighted by atomic mass is 35.5. The molecule has 1 aromatic rings. The van der Waals surface area contributed by atoms with Gasteiger partial charge in [0.1, 0.15) is 11.4 Å². The standard InChI is InChI=1S/C11H17ClN4O/c1-5-13-8-7(6-14-10(12)15-8)9(17)16-11(2,3)4/h6H,5H2,1-4H3,(H,16,17)(H,13,14,15). The summed E-state index contributed by atoms with van der Waals surface area (Å²) in [6.07, 6.45) is 1.42. The van der Waals surface area contributed by atoms with Crippen molar-refractivity contribution in [1.29, 1.82) is 0 Å². The first-order valence-corrected chi connectivity index (χ1v) is 5.80. The Hall–Kier alpha value is -1.36. The second kappa shape index (κ2) is 5.31. The van der Waals surface area contributed by atoms with Gasteiger partial charge < -0.3 is 10.6 Å². The smallest absolute Gasteiger partial charge is 0.257 e. The molecule has 1 rings (SSSR count). The lowest BCUT2D eigenvalue weighted by Gasteiger charge is -2.21. The van der Waals surface area contributed by atoms with Gasteiger partial charge in [0.05, 0.1) is 0 Å². The van der Waals surface area contributed by atoms with Gasteiger partial charge in [-0.2, -0.15) is 4.98 Å². The van der Waals surface area contributed by atoms with Gasteiger partial charge in [0.2, 0.25) is 5.28 Å². The van der Waals surface area contributed by atoms with Gasteiger partial charge in [0, 0.05) is 18.3 Å². The zero-order valence-corrected chi connectivity index (χ0v) is 11.2. The fourth-order valence-electron chi connectivity index (χ4n) is 1.24. The first-order valence-electron chi connectivity index (χ1n) is 5.42. The molecule has 94 valence electrons. The van der Waals surface area contributed by atoms with Gasteiger partial charge in [-0.1, -0.05) is 0 Å². The van der Waals surface area contributed by atoms with E-state index in [9.17, 15) is 4.79 Å². The van der Waals surface area contributed by atoms with Crippen LogP contribution in [-0.2, 0) is 0 Å². The summed E-state index contributed by atoms with van der Waals surface area (Å²) in [4.78, 5) is 19.8. The molecule has 0 aliphatic carbocycles. The molecule has 2 N–H and O–H groups in total. The molecule has 0 radical (unpaired) electrons. The van der Waals surface area contributed by atoms with Gasteiger partial charge in [-0.15, -0.1) is 0 Å². The van der Waals surface area contributed by atoms with Crippen LogP contribution < -0.4 is 10.6 Å². The number of carbonyl (C=O) groups excluding carboxylic acids is 1. The maximum atomic E-state index is 12.0. The van der Waals surface area contributed by atoms with Crippen molar-refractivity contribution < 1.29 is 4.79 Å². The number of amides is 1. The highest BCUT2D eigenvalue weighted by Gasteiger charge is 2.19. The van der Waals surface area contributed by atoms with Crippen LogP contribution >= 0.6 is 11.6 Å². The van der Waals surface area contributed by atoms with Gasteiger partial charge in [-0.3, -0.25) is 4.79 Å². The molecule has 6 heteroatoms. The molecule has 0 aliphatic rings. The topological polar surface area (TPSA) is 66.9 Å². The molecular weight excluding hydrogens is 240 g/mol. The largest absolute Gasteiger partial charge is 0.370 e. The minimum absolute atomic E-state index is 0.119. The molecule has 0 atom stereocenters. The fourth-order valence-corrected chi connectivity index (χ4v) is 1.37. The molecule has 0 aliphatic heterocycles. The van der Waals surface area contributed by atoms with Crippen LogP contribution in [0.2, 0.25) is 5.28 Å². The van der Waals surface area contributed by atoms with Gasteiger partial charge in [-0.25, -0.2) is 4.98 Å². The lowest BCUT2D eigenvalue weighted by atomic mass is 10.1. The summed E-state index contributed by atoms with van der Waals surface area (Å²) in [5.74, 6) is 0.236. The number of halogens is 1. The third-order valence-corrected chi connectivity index (χ3v) is 2.02. The average Bonchev–Trinajstić information content (AvgIpc) is 2.15. The Bertz CT molecular complexity index is 414. The van der Waals surface area contributed by atoms with E-state index in [-0.39, 0.29) is 16.7 Å². The van der Waals surface area contributed by atoms with Crippen molar-refractivity contribution in [2.24, 2.45) is 0 Å². The molecule has 1 aromatic heterocycles. The van der Waals surface area contributed by atoms with Crippen LogP contribution in [0.1, 0.15) is 38.1 Å². The summed E-state index contributed by atoms with van der Waals surface area (Å²) in [7, 11) is 0. The Kier molecular flexibility index (Phi) is 4.28. The first kappa shape index (κ1) is 13.7. The molecule has 0 spiro atoms. The molecular formula is C11H17ClN4O. The summed E-state index contributed by atoms with van der Waals surface area (Å²) in [5.41, 5.74) is 0.0893. The second-order valence-corrected chi connectivity index (χ2v) is 4.97. The number of nitrogens with zero attached hydrogens (tertiary/aromatic N) is 2. The van der Waals surface area contributed by atoms with Crippen LogP contribution in [0.3, 0.4) is 0 Å². The maximum absolute atomic E-state index is 12.0. The van der Waals surface area contributed by atoms with E-state index in [0.717, 1.165) is 0 Å². The number of aromatic nitrogens is 2. The third-order valence-electron chi connectivity index (χ3n) is 1.84. The van der Waals surface area contributed by atoms with Crippen LogP contribution in [0.25, 0.3) is 0 Å². The molecule has 0 aromatic carbocycles. The van der Waals surface area contributed by atoms with E-state index in [0.29, 0.717) is 17.9 Å². The second-order valence-electron chi connectivity index (χ2n) is 4.64. The highest BCUT2D eigenvalue weighted by molar-refractivity contribution is 6.28. The third kappa shape index (κ3) is 4.19. The minimum atomic E-state index is -0.305. The Morgan fingerprint density at radius 2 is 2.12 bits per heavy atom. The van der Waals surface area contributed by atoms with Gasteiger partial charge in [0.25, 0.3) is 5.91 Å². The van der Waals surface area contributed by atoms with Crippen molar-refractivity contribution in [3.05, 3.63) is 17.0 Å². The highest BCUT2D eigenvalue weighted by Crippen LogP contribution is 2.15. The van der Waals surface area contributed by atoms with E-state index in [1.165, 1.54) is 6.20 Å². The minimum Gasteiger partial charge on any atom is -0.370 e. The quantitative estimate of drug-likeness (QED) is 0.813. The van der Waals surface area contributed by atoms with E-state index in [1.54, 1.807) is 0 Å². The normalized spacial score (nSPS) is 11.1. The lowest BCUT2D eigenvalue weighted by molar-refractivity contribution is 0.0919. The van der Waals surface area contributed by atoms with Crippen LogP contribution in [-0.4, -0.2) is 28.0 Å². The van der Waals surface area contributed by atoms with Gasteiger partial charge >= 0.3 is 0 Å². The van der Waals surface area contributed by atoms with Crippen LogP contribution in [0.15, 0.2) is 6.20 Å². The molecule has 0 saturated heterocycles. The molecule has 0 bridgehead atoms. The van der Waals surface area contributed by atoms with E-state index >= 15 is 0 Å². The first-order chi connectivity index (χ1) is 7.83. The molecule has 5 nitrogen and oxygen atoms in total. The Labute approximate surface area is 106 Å². The van der Waals surface area contributed by atoms with Gasteiger partial charge in [0.15, 0.2) is 0 Å². The zero-order chi connectivity index (χ0) is 13.1. The van der Waals surface area contributed by atoms with Crippen molar-refractivity contribution in [2.75, 3.05) is 11.9 Å². The molecule has 17 heavy (non-hydrogen) atoms. The van der Waals surface area contributed by atoms with E-state index < -0.39 is 0 Å². The van der Waals surface area contributed by atoms with Crippen LogP contribution in [0.5, 0.6) is 0 Å². The molecule has 0 saturated carbocycles. The van der Waals surface area contributed by atoms with Gasteiger partial charge in [-0.05, 0) is 39.3 Å². The number of hydrogen-bond acceptors (Lipinski definition) is 4. The molecule has 1 amide bonds. The molecule has 1 heterocycles. The molecule has 0 fully saturated rings. The summed E-state index contributed by atoms with van der Waals surface area (Å²) in [5, 5.41) is 5.96. The summed E-state index contributed by atoms with van der Waals surface area (Å²) < 4.78 is 0. The number of hydrogen-bond donors (Lipinski definition) is 2. The Morgan fingerprint density at radius 3 is 2.65 bits per heavy atom. The van der Waals surface area contributed by atoms with Crippen molar-refractivity contribution >= 4 is 23.3 Å². The maximum Gasteiger partial charge on any atom is 0.257 e. The zero-order valence-electron chi connectivity index (χ0n) is 10.5. The summed E-state index contributed by atoms with van der Waals surface area (Å²) >= 11 is 5.70. The van der Waals surface area contributed by atoms with E-state index in [1.807, 2.05) is 27.7 Å². The lowest BCUT2D eigenvalue weighted by Crippen LogP contribution is -2.41. The predicted octanol–water partition coefficient (Wildman–Crippen LogP) is 2.09. The number of carbonyl (C=O) groups is 1. The number of anilines is 1. The Balaban J connectivity index is 3.00. The van der Waals surface area contributed by atoms with Crippen molar-refractivity contribution in [3.8, 4) is 0 Å². The van der Waals surface area contributed by atoms with Crippen LogP contribution in [0.4, 0.5) is 5.82 Å².